The number of aromatic nitrogens is 1. The summed E-state index contributed by atoms with van der Waals surface area (Å²) in [6.07, 6.45) is 5.13. The monoisotopic (exact) mass is 290 g/mol. The van der Waals surface area contributed by atoms with Crippen LogP contribution in [0.3, 0.4) is 0 Å². The summed E-state index contributed by atoms with van der Waals surface area (Å²) in [5.41, 5.74) is 0.0432. The van der Waals surface area contributed by atoms with Crippen molar-refractivity contribution in [3.8, 4) is 0 Å². The van der Waals surface area contributed by atoms with Gasteiger partial charge < -0.3 is 10.2 Å². The van der Waals surface area contributed by atoms with Crippen LogP contribution in [0.15, 0.2) is 18.3 Å². The fraction of sp³-hybridized carbons (Fsp3) is 0.571. The molecule has 0 radical (unpaired) electrons. The molecule has 21 heavy (non-hydrogen) atoms. The summed E-state index contributed by atoms with van der Waals surface area (Å²) in [5.74, 6) is 0.715. The van der Waals surface area contributed by atoms with Crippen molar-refractivity contribution in [1.82, 2.24) is 10.3 Å². The number of nitro groups is 1. The molecule has 7 nitrogen and oxygen atoms in total. The molecule has 1 amide bonds. The van der Waals surface area contributed by atoms with Crippen LogP contribution in [0, 0.1) is 16.0 Å². The first-order valence-corrected chi connectivity index (χ1v) is 7.29. The predicted molar refractivity (Wildman–Crippen MR) is 77.0 cm³/mol. The highest BCUT2D eigenvalue weighted by molar-refractivity contribution is 5.78. The smallest absolute Gasteiger partial charge is 0.311 e. The van der Waals surface area contributed by atoms with E-state index < -0.39 is 0 Å². The Labute approximate surface area is 122 Å². The molecule has 2 atom stereocenters. The summed E-state index contributed by atoms with van der Waals surface area (Å²) in [4.78, 5) is 28.6. The molecule has 0 unspecified atom stereocenters. The van der Waals surface area contributed by atoms with Crippen molar-refractivity contribution in [3.05, 3.63) is 28.4 Å². The molecule has 0 saturated carbocycles. The summed E-state index contributed by atoms with van der Waals surface area (Å²) in [7, 11) is 0. The Hall–Kier alpha value is -2.18. The molecule has 1 aromatic heterocycles. The van der Waals surface area contributed by atoms with Crippen LogP contribution in [0.1, 0.15) is 25.7 Å². The molecule has 0 spiro atoms. The highest BCUT2D eigenvalue weighted by Crippen LogP contribution is 2.34. The Bertz CT molecular complexity index is 563. The van der Waals surface area contributed by atoms with E-state index in [9.17, 15) is 14.9 Å². The third kappa shape index (κ3) is 2.68. The van der Waals surface area contributed by atoms with Gasteiger partial charge in [0.15, 0.2) is 0 Å². The number of piperidine rings is 1. The standard InChI is InChI=1S/C14H18N4O3/c19-13-8-10(9-16-13)11-4-1-2-7-17(11)14-12(18(20)21)5-3-6-15-14/h3,5-6,10-11H,1-2,4,7-9H2,(H,16,19)/t10-,11-/m0/s1. The van der Waals surface area contributed by atoms with Gasteiger partial charge in [-0.2, -0.15) is 0 Å². The predicted octanol–water partition coefficient (Wildman–Crippen LogP) is 1.48. The zero-order valence-corrected chi connectivity index (χ0v) is 11.7. The minimum atomic E-state index is -0.383. The molecule has 1 aromatic rings. The summed E-state index contributed by atoms with van der Waals surface area (Å²) in [6.45, 7) is 1.41. The van der Waals surface area contributed by atoms with E-state index in [1.807, 2.05) is 4.90 Å². The molecule has 0 aliphatic carbocycles. The van der Waals surface area contributed by atoms with Crippen molar-refractivity contribution in [2.24, 2.45) is 5.92 Å². The minimum absolute atomic E-state index is 0.0432. The quantitative estimate of drug-likeness (QED) is 0.673. The molecular formula is C14H18N4O3. The van der Waals surface area contributed by atoms with Crippen molar-refractivity contribution in [3.63, 3.8) is 0 Å². The average molecular weight is 290 g/mol. The normalized spacial score (nSPS) is 25.7. The lowest BCUT2D eigenvalue weighted by atomic mass is 9.89. The number of nitrogens with one attached hydrogen (secondary N) is 1. The maximum atomic E-state index is 11.5. The topological polar surface area (TPSA) is 88.4 Å². The van der Waals surface area contributed by atoms with Crippen molar-refractivity contribution < 1.29 is 9.72 Å². The van der Waals surface area contributed by atoms with Gasteiger partial charge in [0.05, 0.1) is 4.92 Å². The lowest BCUT2D eigenvalue weighted by Gasteiger charge is -2.39. The number of hydrogen-bond acceptors (Lipinski definition) is 5. The van der Waals surface area contributed by atoms with Crippen molar-refractivity contribution in [2.45, 2.75) is 31.7 Å². The molecule has 1 N–H and O–H groups in total. The zero-order chi connectivity index (χ0) is 14.8. The maximum Gasteiger partial charge on any atom is 0.311 e. The van der Waals surface area contributed by atoms with Gasteiger partial charge in [0.2, 0.25) is 11.7 Å². The summed E-state index contributed by atoms with van der Waals surface area (Å²) < 4.78 is 0. The molecule has 112 valence electrons. The minimum Gasteiger partial charge on any atom is -0.356 e. The second-order valence-corrected chi connectivity index (χ2v) is 5.63. The maximum absolute atomic E-state index is 11.5. The summed E-state index contributed by atoms with van der Waals surface area (Å²) in [6, 6.07) is 3.22. The number of carbonyl (C=O) groups is 1. The fourth-order valence-corrected chi connectivity index (χ4v) is 3.36. The van der Waals surface area contributed by atoms with Gasteiger partial charge in [-0.3, -0.25) is 14.9 Å². The van der Waals surface area contributed by atoms with Crippen LogP contribution in [0.5, 0.6) is 0 Å². The second-order valence-electron chi connectivity index (χ2n) is 5.63. The number of carbonyl (C=O) groups excluding carboxylic acids is 1. The number of hydrogen-bond donors (Lipinski definition) is 1. The molecule has 3 heterocycles. The summed E-state index contributed by atoms with van der Waals surface area (Å²) >= 11 is 0. The first kappa shape index (κ1) is 13.8. The van der Waals surface area contributed by atoms with Crippen molar-refractivity contribution in [2.75, 3.05) is 18.0 Å². The number of pyridine rings is 1. The third-order valence-electron chi connectivity index (χ3n) is 4.34. The van der Waals surface area contributed by atoms with E-state index in [-0.39, 0.29) is 28.5 Å². The number of anilines is 1. The van der Waals surface area contributed by atoms with Crippen molar-refractivity contribution >= 4 is 17.4 Å². The second kappa shape index (κ2) is 5.67. The Morgan fingerprint density at radius 2 is 2.29 bits per heavy atom. The molecule has 7 heteroatoms. The van der Waals surface area contributed by atoms with E-state index >= 15 is 0 Å². The highest BCUT2D eigenvalue weighted by atomic mass is 16.6. The largest absolute Gasteiger partial charge is 0.356 e. The third-order valence-corrected chi connectivity index (χ3v) is 4.34. The van der Waals surface area contributed by atoms with Crippen LogP contribution in [-0.4, -0.2) is 34.9 Å². The Kier molecular flexibility index (Phi) is 3.72. The van der Waals surface area contributed by atoms with E-state index in [0.29, 0.717) is 18.8 Å². The summed E-state index contributed by atoms with van der Waals surface area (Å²) in [5, 5.41) is 14.1. The molecule has 2 aliphatic rings. The first-order chi connectivity index (χ1) is 10.2. The zero-order valence-electron chi connectivity index (χ0n) is 11.7. The van der Waals surface area contributed by atoms with Gasteiger partial charge in [-0.05, 0) is 25.3 Å². The number of rotatable bonds is 3. The lowest BCUT2D eigenvalue weighted by Crippen LogP contribution is -2.45. The van der Waals surface area contributed by atoms with Gasteiger partial charge in [0, 0.05) is 43.7 Å². The van der Waals surface area contributed by atoms with E-state index in [4.69, 9.17) is 0 Å². The van der Waals surface area contributed by atoms with Crippen LogP contribution in [0.4, 0.5) is 11.5 Å². The van der Waals surface area contributed by atoms with Gasteiger partial charge in [-0.15, -0.1) is 0 Å². The van der Waals surface area contributed by atoms with Crippen LogP contribution < -0.4 is 10.2 Å². The molecule has 0 aromatic carbocycles. The van der Waals surface area contributed by atoms with Crippen LogP contribution in [0.2, 0.25) is 0 Å². The molecular weight excluding hydrogens is 272 g/mol. The average Bonchev–Trinajstić information content (AvgIpc) is 2.93. The van der Waals surface area contributed by atoms with E-state index in [1.165, 1.54) is 6.07 Å². The molecule has 3 rings (SSSR count). The van der Waals surface area contributed by atoms with Crippen LogP contribution >= 0.6 is 0 Å². The van der Waals surface area contributed by atoms with Gasteiger partial charge in [-0.1, -0.05) is 0 Å². The Morgan fingerprint density at radius 3 is 3.00 bits per heavy atom. The van der Waals surface area contributed by atoms with Crippen LogP contribution in [-0.2, 0) is 4.79 Å². The van der Waals surface area contributed by atoms with E-state index in [1.54, 1.807) is 12.3 Å². The van der Waals surface area contributed by atoms with Crippen molar-refractivity contribution in [1.29, 1.82) is 0 Å². The lowest BCUT2D eigenvalue weighted by molar-refractivity contribution is -0.384. The SMILES string of the molecule is O=C1C[C@H]([C@@H]2CCCCN2c2ncccc2[N+](=O)[O-])CN1. The highest BCUT2D eigenvalue weighted by Gasteiger charge is 2.37. The van der Waals surface area contributed by atoms with Crippen LogP contribution in [0.25, 0.3) is 0 Å². The molecule has 2 saturated heterocycles. The van der Waals surface area contributed by atoms with Gasteiger partial charge in [-0.25, -0.2) is 4.98 Å². The van der Waals surface area contributed by atoms with E-state index in [0.717, 1.165) is 25.8 Å². The first-order valence-electron chi connectivity index (χ1n) is 7.29. The molecule has 2 aliphatic heterocycles. The molecule has 2 fully saturated rings. The van der Waals surface area contributed by atoms with Gasteiger partial charge in [0.1, 0.15) is 0 Å². The Balaban J connectivity index is 1.91. The fourth-order valence-electron chi connectivity index (χ4n) is 3.36. The number of amides is 1. The Morgan fingerprint density at radius 1 is 1.43 bits per heavy atom. The number of nitrogens with zero attached hydrogens (tertiary/aromatic N) is 3. The molecule has 0 bridgehead atoms. The van der Waals surface area contributed by atoms with Gasteiger partial charge >= 0.3 is 5.69 Å². The van der Waals surface area contributed by atoms with Gasteiger partial charge in [0.25, 0.3) is 0 Å². The van der Waals surface area contributed by atoms with E-state index in [2.05, 4.69) is 10.3 Å².